The van der Waals surface area contributed by atoms with Crippen molar-refractivity contribution in [2.75, 3.05) is 47.1 Å². The Labute approximate surface area is 786 Å². The van der Waals surface area contributed by atoms with Gasteiger partial charge < -0.3 is 20.5 Å². The molecule has 3 aliphatic rings. The van der Waals surface area contributed by atoms with E-state index in [1.807, 2.05) is 238 Å². The average molecular weight is 1840 g/mol. The van der Waals surface area contributed by atoms with Crippen LogP contribution in [0.2, 0.25) is 0 Å². The standard InChI is InChI=1S/C23H22N2S2.C11H11NS.C10H11NS.C10H7NS.C9H7ClS.C9H12O2S.C8H6S.C6H6S.9C2H6.2CH4/c1-3-7-20-16(5-1)18-9-11-24(13-22(18)26-20)15-25-12-10-19-17-6-2-4-8-21(17)27-23(19)14-25;1-2-4-10-8(3-1)9-5-6-12-7-11(9)13-10;2*11-6-5-8-7-12-10-4-2-1-3-9(8)10;10-5-7-6-11-9-4-2-1-3-8(7)9;1-10-9(11-2)12-8-6-4-3-5-7-8;1-2-4-8-7(3-1)5-6-9-8;7-6-4-2-1-3-5-6;9*1-2;;/h1-8H,9-15H2;1-4,12H,5-7H2;1-4,7H,5-6,11H2;1-4,7H,5H2;1-4,6H,5H2;3-7,9H,1-2H3;1-6H;1-5,7H;9*1-2H3;2*1H4. The maximum absolute atomic E-state index is 8.55. The summed E-state index contributed by atoms with van der Waals surface area (Å²) in [5.74, 6) is 0.615. The quantitative estimate of drug-likeness (QED) is 0.0540. The number of nitrogens with zero attached hydrogens (tertiary/aromatic N) is 3. The number of nitriles is 1. The number of methoxy groups -OCH3 is 2. The Kier molecular flexibility index (Phi) is 64.9. The Hall–Kier alpha value is -7.06. The summed E-state index contributed by atoms with van der Waals surface area (Å²) in [7, 11) is 3.26. The summed E-state index contributed by atoms with van der Waals surface area (Å²) in [6.45, 7) is 44.6. The molecule has 0 spiro atoms. The topological polar surface area (TPSA) is 86.8 Å². The summed E-state index contributed by atoms with van der Waals surface area (Å²) in [6.07, 6.45) is 5.09. The fourth-order valence-corrected chi connectivity index (χ4v) is 21.4. The molecule has 0 unspecified atom stereocenters. The van der Waals surface area contributed by atoms with Crippen LogP contribution in [0.5, 0.6) is 0 Å². The molecule has 3 aliphatic heterocycles. The Morgan fingerprint density at radius 3 is 1.20 bits per heavy atom. The highest BCUT2D eigenvalue weighted by Crippen LogP contribution is 2.39. The summed E-state index contributed by atoms with van der Waals surface area (Å²) in [6, 6.07) is 84.1. The summed E-state index contributed by atoms with van der Waals surface area (Å²) in [4.78, 5) is 12.2. The molecule has 0 aliphatic carbocycles. The van der Waals surface area contributed by atoms with E-state index in [2.05, 4.69) is 213 Å². The zero-order chi connectivity index (χ0) is 89.0. The van der Waals surface area contributed by atoms with Gasteiger partial charge in [0.15, 0.2) is 0 Å². The molecule has 0 fully saturated rings. The lowest BCUT2D eigenvalue weighted by Gasteiger charge is -2.34. The summed E-state index contributed by atoms with van der Waals surface area (Å²) in [5, 5.41) is 30.2. The number of hydrogen-bond donors (Lipinski definition) is 3. The molecule has 10 heterocycles. The predicted molar refractivity (Wildman–Crippen MR) is 572 cm³/mol. The van der Waals surface area contributed by atoms with E-state index in [4.69, 9.17) is 32.1 Å². The number of ether oxygens (including phenoxy) is 2. The molecule has 0 atom stereocenters. The van der Waals surface area contributed by atoms with Gasteiger partial charge in [0.05, 0.1) is 19.2 Å². The molecule has 0 saturated heterocycles. The van der Waals surface area contributed by atoms with Crippen LogP contribution in [0.15, 0.2) is 268 Å². The van der Waals surface area contributed by atoms with Crippen molar-refractivity contribution >= 4 is 186 Å². The highest BCUT2D eigenvalue weighted by molar-refractivity contribution is 7.99. The number of rotatable bonds is 10. The number of hydrogen-bond acceptors (Lipinski definition) is 16. The van der Waals surface area contributed by atoms with Crippen LogP contribution in [0.1, 0.15) is 187 Å². The number of benzene rings is 9. The number of halogens is 1. The zero-order valence-corrected chi connectivity index (χ0v) is 83.8. The second kappa shape index (κ2) is 70.1. The fraction of sp³-hybridized carbons (Fsp3) is 0.349. The van der Waals surface area contributed by atoms with Crippen LogP contribution in [0, 0.1) is 11.3 Å². The highest BCUT2D eigenvalue weighted by atomic mass is 35.5. The third kappa shape index (κ3) is 36.7. The van der Waals surface area contributed by atoms with E-state index >= 15 is 0 Å². The number of thioether (sulfide) groups is 1. The molecule has 19 rings (SSSR count). The third-order valence-corrected chi connectivity index (χ3v) is 26.9. The van der Waals surface area contributed by atoms with Gasteiger partial charge in [-0.15, -0.1) is 104 Å². The number of thiol groups is 1. The molecule has 666 valence electrons. The molecule has 0 saturated carbocycles. The van der Waals surface area contributed by atoms with Crippen molar-refractivity contribution in [1.82, 2.24) is 15.1 Å². The molecular formula is C106H144ClN5O2S9. The molecule has 7 aromatic heterocycles. The lowest BCUT2D eigenvalue weighted by atomic mass is 10.0. The minimum Gasteiger partial charge on any atom is -0.347 e. The maximum atomic E-state index is 8.55. The van der Waals surface area contributed by atoms with Gasteiger partial charge in [0.1, 0.15) is 0 Å². The van der Waals surface area contributed by atoms with Crippen molar-refractivity contribution in [2.45, 2.75) is 213 Å². The number of thiophene rings is 7. The fourth-order valence-electron chi connectivity index (χ4n) is 12.6. The van der Waals surface area contributed by atoms with Crippen LogP contribution < -0.4 is 11.1 Å². The van der Waals surface area contributed by atoms with Crippen molar-refractivity contribution in [2.24, 2.45) is 5.73 Å². The van der Waals surface area contributed by atoms with Gasteiger partial charge in [-0.2, -0.15) is 5.26 Å². The van der Waals surface area contributed by atoms with Crippen molar-refractivity contribution in [1.29, 1.82) is 5.26 Å². The number of nitrogens with one attached hydrogen (secondary N) is 1. The molecule has 3 N–H and O–H groups in total. The lowest BCUT2D eigenvalue weighted by Crippen LogP contribution is -2.42. The Balaban J connectivity index is 0.000000702. The molecule has 0 bridgehead atoms. The van der Waals surface area contributed by atoms with E-state index < -0.39 is 0 Å². The van der Waals surface area contributed by atoms with Crippen LogP contribution >= 0.6 is 115 Å². The van der Waals surface area contributed by atoms with Gasteiger partial charge in [-0.1, -0.05) is 315 Å². The van der Waals surface area contributed by atoms with Crippen molar-refractivity contribution in [3.05, 3.63) is 306 Å². The van der Waals surface area contributed by atoms with E-state index in [1.54, 1.807) is 97.8 Å². The number of fused-ring (bicyclic) bond motifs is 13. The van der Waals surface area contributed by atoms with Crippen LogP contribution in [0.3, 0.4) is 0 Å². The van der Waals surface area contributed by atoms with E-state index in [0.717, 1.165) is 61.2 Å². The average Bonchev–Trinajstić information content (AvgIpc) is 1.66. The van der Waals surface area contributed by atoms with Crippen LogP contribution in [0.25, 0.3) is 70.6 Å². The van der Waals surface area contributed by atoms with E-state index in [1.165, 1.54) is 119 Å². The number of alkyl halides is 1. The molecule has 7 nitrogen and oxygen atoms in total. The van der Waals surface area contributed by atoms with Crippen LogP contribution in [-0.2, 0) is 67.1 Å². The predicted octanol–water partition coefficient (Wildman–Crippen LogP) is 34.8. The molecule has 123 heavy (non-hydrogen) atoms. The van der Waals surface area contributed by atoms with Gasteiger partial charge in [-0.3, -0.25) is 9.80 Å². The summed E-state index contributed by atoms with van der Waals surface area (Å²) in [5.41, 5.74) is 13.9. The van der Waals surface area contributed by atoms with Gasteiger partial charge >= 0.3 is 0 Å². The first-order valence-electron chi connectivity index (χ1n) is 43.3. The Morgan fingerprint density at radius 1 is 0.431 bits per heavy atom. The second-order valence-electron chi connectivity index (χ2n) is 24.4. The molecule has 0 radical (unpaired) electrons. The van der Waals surface area contributed by atoms with Gasteiger partial charge in [-0.25, -0.2) is 0 Å². The van der Waals surface area contributed by atoms with Gasteiger partial charge in [0.2, 0.25) is 5.62 Å². The largest absolute Gasteiger partial charge is 0.347 e. The SMILES string of the molecule is C.C.CC.CC.CC.CC.CC.CC.CC.CC.CC.COC(OC)Sc1ccccc1.ClCc1csc2ccccc12.N#CCc1csc2ccccc12.NCCc1csc2ccccc12.Sc1ccccc1.c1ccc2c3c(sc2c1)CN(CN1CCc2c(sc4ccccc24)C1)CC3.c1ccc2c3c(sc2c1)CNCC3.c1ccc2sccc2c1. The Morgan fingerprint density at radius 2 is 0.789 bits per heavy atom. The summed E-state index contributed by atoms with van der Waals surface area (Å²) < 4.78 is 19.8. The first-order valence-corrected chi connectivity index (χ1v) is 51.2. The van der Waals surface area contributed by atoms with Crippen molar-refractivity contribution in [3.63, 3.8) is 0 Å². The van der Waals surface area contributed by atoms with Crippen LogP contribution in [0.4, 0.5) is 0 Å². The smallest absolute Gasteiger partial charge is 0.210 e. The van der Waals surface area contributed by atoms with Gasteiger partial charge in [-0.05, 0) is 204 Å². The molecule has 9 aromatic carbocycles. The minimum absolute atomic E-state index is 0. The first kappa shape index (κ1) is 114. The van der Waals surface area contributed by atoms with Crippen LogP contribution in [-0.4, -0.2) is 62.5 Å². The first-order chi connectivity index (χ1) is 59.8. The molecule has 0 amide bonds. The molecule has 17 heteroatoms. The van der Waals surface area contributed by atoms with Gasteiger partial charge in [0.25, 0.3) is 0 Å². The highest BCUT2D eigenvalue weighted by Gasteiger charge is 2.26. The molecular weight excluding hydrogens is 1700 g/mol. The normalized spacial score (nSPS) is 11.3. The van der Waals surface area contributed by atoms with E-state index in [9.17, 15) is 0 Å². The third-order valence-electron chi connectivity index (χ3n) is 17.7. The number of nitrogens with two attached hydrogens (primary N) is 1. The zero-order valence-electron chi connectivity index (χ0n) is 75.6. The molecule has 16 aromatic rings. The van der Waals surface area contributed by atoms with Gasteiger partial charge in [0, 0.05) is 110 Å². The Bertz CT molecular complexity index is 5180. The lowest BCUT2D eigenvalue weighted by molar-refractivity contribution is -0.0343. The monoisotopic (exact) mass is 1840 g/mol. The summed E-state index contributed by atoms with van der Waals surface area (Å²) >= 11 is 24.4. The van der Waals surface area contributed by atoms with E-state index in [0.29, 0.717) is 12.3 Å². The van der Waals surface area contributed by atoms with E-state index in [-0.39, 0.29) is 20.5 Å². The minimum atomic E-state index is -0.215. The van der Waals surface area contributed by atoms with Crippen molar-refractivity contribution < 1.29 is 9.47 Å². The van der Waals surface area contributed by atoms with Crippen molar-refractivity contribution in [3.8, 4) is 6.07 Å². The maximum Gasteiger partial charge on any atom is 0.210 e. The second-order valence-corrected chi connectivity index (χ2v) is 33.4.